The van der Waals surface area contributed by atoms with Crippen LogP contribution in [0.25, 0.3) is 0 Å². The summed E-state index contributed by atoms with van der Waals surface area (Å²) in [4.78, 5) is 0. The van der Waals surface area contributed by atoms with Gasteiger partial charge in [-0.05, 0) is 18.8 Å². The molecule has 7 heavy (non-hydrogen) atoms. The second-order valence-corrected chi connectivity index (χ2v) is 2.98. The maximum atomic E-state index is 4.36. The summed E-state index contributed by atoms with van der Waals surface area (Å²) in [5, 5.41) is 0.741. The van der Waals surface area contributed by atoms with Gasteiger partial charge >= 0.3 is 0 Å². The van der Waals surface area contributed by atoms with Crippen molar-refractivity contribution in [3.63, 3.8) is 0 Å². The monoisotopic (exact) mass is 116 g/mol. The fourth-order valence-electron chi connectivity index (χ4n) is 1.03. The summed E-state index contributed by atoms with van der Waals surface area (Å²) in [6.45, 7) is 2.24. The summed E-state index contributed by atoms with van der Waals surface area (Å²) < 4.78 is 0. The molecule has 1 saturated carbocycles. The summed E-state index contributed by atoms with van der Waals surface area (Å²) in [7, 11) is 0. The molecule has 0 aromatic carbocycles. The molecule has 0 amide bonds. The van der Waals surface area contributed by atoms with Gasteiger partial charge in [-0.25, -0.2) is 0 Å². The smallest absolute Gasteiger partial charge is 0.00450 e. The molecule has 0 spiro atoms. The van der Waals surface area contributed by atoms with Crippen LogP contribution in [-0.2, 0) is 0 Å². The molecule has 0 aromatic rings. The topological polar surface area (TPSA) is 0 Å². The van der Waals surface area contributed by atoms with Gasteiger partial charge in [-0.3, -0.25) is 0 Å². The number of hydrogen-bond acceptors (Lipinski definition) is 1. The summed E-state index contributed by atoms with van der Waals surface area (Å²) in [6, 6.07) is 0. The average molecular weight is 116 g/mol. The zero-order chi connectivity index (χ0) is 5.28. The van der Waals surface area contributed by atoms with Crippen molar-refractivity contribution in [3.05, 3.63) is 0 Å². The molecule has 0 N–H and O–H groups in total. The van der Waals surface area contributed by atoms with Crippen LogP contribution in [0.5, 0.6) is 0 Å². The molecule has 2 unspecified atom stereocenters. The van der Waals surface area contributed by atoms with Crippen LogP contribution >= 0.6 is 12.6 Å². The first-order chi connectivity index (χ1) is 3.34. The lowest BCUT2D eigenvalue weighted by molar-refractivity contribution is 0.324. The molecule has 0 saturated heterocycles. The Kier molecular flexibility index (Phi) is 1.63. The highest BCUT2D eigenvalue weighted by Gasteiger charge is 2.24. The van der Waals surface area contributed by atoms with Gasteiger partial charge in [0.2, 0.25) is 0 Å². The highest BCUT2D eigenvalue weighted by Crippen LogP contribution is 2.33. The van der Waals surface area contributed by atoms with Gasteiger partial charge in [0.05, 0.1) is 0 Å². The first-order valence-electron chi connectivity index (χ1n) is 3.02. The van der Waals surface area contributed by atoms with Crippen molar-refractivity contribution in [2.75, 3.05) is 0 Å². The maximum Gasteiger partial charge on any atom is 0.00450 e. The minimum atomic E-state index is 0.741. The zero-order valence-corrected chi connectivity index (χ0v) is 5.62. The minimum absolute atomic E-state index is 0.741. The Morgan fingerprint density at radius 1 is 1.57 bits per heavy atom. The number of rotatable bonds is 1. The lowest BCUT2D eigenvalue weighted by atomic mass is 9.83. The molecular weight excluding hydrogens is 104 g/mol. The van der Waals surface area contributed by atoms with Crippen LogP contribution in [0.4, 0.5) is 0 Å². The number of hydrogen-bond donors (Lipinski definition) is 1. The highest BCUT2D eigenvalue weighted by molar-refractivity contribution is 7.81. The molecular formula is C6H12S. The van der Waals surface area contributed by atoms with E-state index in [0.717, 1.165) is 11.2 Å². The molecule has 1 heteroatoms. The summed E-state index contributed by atoms with van der Waals surface area (Å²) in [6.07, 6.45) is 4.10. The van der Waals surface area contributed by atoms with Crippen molar-refractivity contribution < 1.29 is 0 Å². The van der Waals surface area contributed by atoms with Crippen LogP contribution in [0.1, 0.15) is 26.2 Å². The second kappa shape index (κ2) is 2.08. The quantitative estimate of drug-likeness (QED) is 0.498. The van der Waals surface area contributed by atoms with Gasteiger partial charge in [0, 0.05) is 5.25 Å². The standard InChI is InChI=1S/C6H12S/c1-2-5-3-4-6(5)7/h5-7H,2-4H2,1H3. The van der Waals surface area contributed by atoms with Crippen molar-refractivity contribution in [2.45, 2.75) is 31.4 Å². The Hall–Kier alpha value is 0.350. The van der Waals surface area contributed by atoms with Gasteiger partial charge in [0.15, 0.2) is 0 Å². The molecule has 0 heterocycles. The third-order valence-corrected chi connectivity index (χ3v) is 2.58. The molecule has 1 aliphatic rings. The van der Waals surface area contributed by atoms with Crippen molar-refractivity contribution >= 4 is 12.6 Å². The van der Waals surface area contributed by atoms with Gasteiger partial charge in [-0.2, -0.15) is 12.6 Å². The Morgan fingerprint density at radius 3 is 2.29 bits per heavy atom. The summed E-state index contributed by atoms with van der Waals surface area (Å²) >= 11 is 4.36. The Bertz CT molecular complexity index is 59.2. The van der Waals surface area contributed by atoms with E-state index in [1.54, 1.807) is 0 Å². The average Bonchev–Trinajstić information content (AvgIpc) is 1.65. The van der Waals surface area contributed by atoms with E-state index in [4.69, 9.17) is 0 Å². The minimum Gasteiger partial charge on any atom is -0.176 e. The molecule has 1 rings (SSSR count). The SMILES string of the molecule is CCC1CCC1S. The van der Waals surface area contributed by atoms with Crippen LogP contribution in [-0.4, -0.2) is 5.25 Å². The third kappa shape index (κ3) is 0.933. The second-order valence-electron chi connectivity index (χ2n) is 2.31. The van der Waals surface area contributed by atoms with Crippen molar-refractivity contribution in [2.24, 2.45) is 5.92 Å². The molecule has 0 aromatic heterocycles. The molecule has 1 aliphatic carbocycles. The molecule has 2 atom stereocenters. The first kappa shape index (κ1) is 5.49. The van der Waals surface area contributed by atoms with E-state index in [1.165, 1.54) is 19.3 Å². The zero-order valence-electron chi connectivity index (χ0n) is 4.72. The van der Waals surface area contributed by atoms with E-state index >= 15 is 0 Å². The molecule has 1 fully saturated rings. The van der Waals surface area contributed by atoms with E-state index < -0.39 is 0 Å². The van der Waals surface area contributed by atoms with Crippen molar-refractivity contribution in [1.29, 1.82) is 0 Å². The molecule has 0 nitrogen and oxygen atoms in total. The van der Waals surface area contributed by atoms with E-state index in [2.05, 4.69) is 19.6 Å². The number of thiol groups is 1. The van der Waals surface area contributed by atoms with Crippen LogP contribution in [0.15, 0.2) is 0 Å². The Labute approximate surface area is 50.7 Å². The fourth-order valence-corrected chi connectivity index (χ4v) is 1.54. The lowest BCUT2D eigenvalue weighted by Crippen LogP contribution is -2.25. The summed E-state index contributed by atoms with van der Waals surface area (Å²) in [5.74, 6) is 0.948. The van der Waals surface area contributed by atoms with Gasteiger partial charge < -0.3 is 0 Å². The predicted molar refractivity (Wildman–Crippen MR) is 35.8 cm³/mol. The predicted octanol–water partition coefficient (Wildman–Crippen LogP) is 2.10. The fraction of sp³-hybridized carbons (Fsp3) is 1.00. The molecule has 0 bridgehead atoms. The Balaban J connectivity index is 2.16. The lowest BCUT2D eigenvalue weighted by Gasteiger charge is -2.31. The third-order valence-electron chi connectivity index (χ3n) is 1.90. The molecule has 42 valence electrons. The van der Waals surface area contributed by atoms with Crippen LogP contribution < -0.4 is 0 Å². The first-order valence-corrected chi connectivity index (χ1v) is 3.54. The van der Waals surface area contributed by atoms with Crippen LogP contribution in [0.2, 0.25) is 0 Å². The van der Waals surface area contributed by atoms with Gasteiger partial charge in [-0.1, -0.05) is 13.3 Å². The summed E-state index contributed by atoms with van der Waals surface area (Å²) in [5.41, 5.74) is 0. The van der Waals surface area contributed by atoms with Gasteiger partial charge in [0.25, 0.3) is 0 Å². The van der Waals surface area contributed by atoms with Gasteiger partial charge in [0.1, 0.15) is 0 Å². The molecule has 0 radical (unpaired) electrons. The van der Waals surface area contributed by atoms with Crippen molar-refractivity contribution in [3.8, 4) is 0 Å². The highest BCUT2D eigenvalue weighted by atomic mass is 32.1. The van der Waals surface area contributed by atoms with Gasteiger partial charge in [-0.15, -0.1) is 0 Å². The largest absolute Gasteiger partial charge is 0.176 e. The van der Waals surface area contributed by atoms with E-state index in [9.17, 15) is 0 Å². The van der Waals surface area contributed by atoms with Crippen molar-refractivity contribution in [1.82, 2.24) is 0 Å². The Morgan fingerprint density at radius 2 is 2.29 bits per heavy atom. The van der Waals surface area contributed by atoms with Crippen LogP contribution in [0, 0.1) is 5.92 Å². The molecule has 0 aliphatic heterocycles. The van der Waals surface area contributed by atoms with E-state index in [0.29, 0.717) is 0 Å². The normalized spacial score (nSPS) is 40.3. The maximum absolute atomic E-state index is 4.36. The van der Waals surface area contributed by atoms with E-state index in [1.807, 2.05) is 0 Å². The van der Waals surface area contributed by atoms with E-state index in [-0.39, 0.29) is 0 Å². The van der Waals surface area contributed by atoms with Crippen LogP contribution in [0.3, 0.4) is 0 Å².